The molecule has 1 N–H and O–H groups in total. The third-order valence-corrected chi connectivity index (χ3v) is 3.91. The Balaban J connectivity index is 2.38. The minimum absolute atomic E-state index is 0.147. The van der Waals surface area contributed by atoms with E-state index in [9.17, 15) is 23.9 Å². The minimum Gasteiger partial charge on any atom is -0.481 e. The number of carbonyl (C=O) groups excluding carboxylic acids is 2. The predicted molar refractivity (Wildman–Crippen MR) is 86.3 cm³/mol. The Hall–Kier alpha value is -2.82. The lowest BCUT2D eigenvalue weighted by atomic mass is 9.79. The average molecular weight is 328 g/mol. The van der Waals surface area contributed by atoms with E-state index in [4.69, 9.17) is 0 Å². The fourth-order valence-corrected chi connectivity index (χ4v) is 2.71. The Morgan fingerprint density at radius 2 is 1.58 bits per heavy atom. The monoisotopic (exact) mass is 328 g/mol. The first kappa shape index (κ1) is 17.5. The number of hydrogen-bond acceptors (Lipinski definition) is 3. The van der Waals surface area contributed by atoms with E-state index in [1.807, 2.05) is 0 Å². The lowest BCUT2D eigenvalue weighted by Crippen LogP contribution is -2.30. The molecule has 0 radical (unpaired) electrons. The van der Waals surface area contributed by atoms with E-state index in [-0.39, 0.29) is 12.2 Å². The summed E-state index contributed by atoms with van der Waals surface area (Å²) in [6.45, 7) is 1.18. The molecule has 2 rings (SSSR count). The Labute approximate surface area is 138 Å². The zero-order valence-corrected chi connectivity index (χ0v) is 13.1. The lowest BCUT2D eigenvalue weighted by Gasteiger charge is -2.22. The van der Waals surface area contributed by atoms with Crippen molar-refractivity contribution in [2.45, 2.75) is 19.3 Å². The van der Waals surface area contributed by atoms with Gasteiger partial charge in [0.2, 0.25) is 0 Å². The molecular formula is C19H17FO4. The van der Waals surface area contributed by atoms with E-state index >= 15 is 0 Å². The third-order valence-electron chi connectivity index (χ3n) is 3.91. The van der Waals surface area contributed by atoms with Crippen LogP contribution in [0.5, 0.6) is 0 Å². The summed E-state index contributed by atoms with van der Waals surface area (Å²) in [4.78, 5) is 35.8. The van der Waals surface area contributed by atoms with Crippen LogP contribution in [-0.2, 0) is 9.59 Å². The van der Waals surface area contributed by atoms with Crippen molar-refractivity contribution in [2.75, 3.05) is 0 Å². The van der Waals surface area contributed by atoms with Crippen LogP contribution in [0, 0.1) is 11.7 Å². The van der Waals surface area contributed by atoms with Crippen molar-refractivity contribution in [1.82, 2.24) is 0 Å². The molecule has 2 atom stereocenters. The summed E-state index contributed by atoms with van der Waals surface area (Å²) in [5.41, 5.74) is 0.889. The minimum atomic E-state index is -1.36. The van der Waals surface area contributed by atoms with Crippen LogP contribution in [0.2, 0.25) is 0 Å². The molecule has 2 unspecified atom stereocenters. The Kier molecular flexibility index (Phi) is 5.58. The van der Waals surface area contributed by atoms with E-state index in [2.05, 4.69) is 0 Å². The SMILES string of the molecule is CC(=O)C(C(=O)O)C(CC(=O)c1ccccc1)c1ccc(F)cc1. The van der Waals surface area contributed by atoms with Gasteiger partial charge in [0.15, 0.2) is 5.78 Å². The zero-order chi connectivity index (χ0) is 17.7. The highest BCUT2D eigenvalue weighted by molar-refractivity contribution is 6.01. The maximum atomic E-state index is 13.1. The number of carboxylic acids is 1. The van der Waals surface area contributed by atoms with Crippen LogP contribution in [0.15, 0.2) is 54.6 Å². The van der Waals surface area contributed by atoms with Gasteiger partial charge in [-0.3, -0.25) is 14.4 Å². The lowest BCUT2D eigenvalue weighted by molar-refractivity contribution is -0.146. The second-order valence-corrected chi connectivity index (χ2v) is 5.58. The van der Waals surface area contributed by atoms with E-state index < -0.39 is 29.4 Å². The first-order valence-corrected chi connectivity index (χ1v) is 7.47. The number of carbonyl (C=O) groups is 3. The number of rotatable bonds is 7. The largest absolute Gasteiger partial charge is 0.481 e. The van der Waals surface area contributed by atoms with Gasteiger partial charge in [-0.05, 0) is 24.6 Å². The quantitative estimate of drug-likeness (QED) is 0.624. The summed E-state index contributed by atoms with van der Waals surface area (Å²) in [6.07, 6.45) is -0.147. The topological polar surface area (TPSA) is 71.4 Å². The summed E-state index contributed by atoms with van der Waals surface area (Å²) in [5, 5.41) is 9.41. The smallest absolute Gasteiger partial charge is 0.314 e. The molecule has 0 saturated heterocycles. The van der Waals surface area contributed by atoms with Gasteiger partial charge in [-0.25, -0.2) is 4.39 Å². The summed E-state index contributed by atoms with van der Waals surface area (Å²) >= 11 is 0. The van der Waals surface area contributed by atoms with Gasteiger partial charge in [-0.2, -0.15) is 0 Å². The van der Waals surface area contributed by atoms with Crippen LogP contribution in [0.3, 0.4) is 0 Å². The molecule has 2 aromatic rings. The summed E-state index contributed by atoms with van der Waals surface area (Å²) < 4.78 is 13.1. The molecule has 24 heavy (non-hydrogen) atoms. The molecule has 4 nitrogen and oxygen atoms in total. The van der Waals surface area contributed by atoms with Crippen molar-refractivity contribution in [3.05, 3.63) is 71.5 Å². The first-order chi connectivity index (χ1) is 11.4. The number of benzene rings is 2. The van der Waals surface area contributed by atoms with Gasteiger partial charge in [-0.1, -0.05) is 42.5 Å². The van der Waals surface area contributed by atoms with E-state index in [1.54, 1.807) is 30.3 Å². The fourth-order valence-electron chi connectivity index (χ4n) is 2.71. The van der Waals surface area contributed by atoms with Crippen molar-refractivity contribution >= 4 is 17.5 Å². The Bertz CT molecular complexity index is 724. The highest BCUT2D eigenvalue weighted by Gasteiger charge is 2.35. The molecule has 124 valence electrons. The van der Waals surface area contributed by atoms with Crippen LogP contribution in [0.25, 0.3) is 0 Å². The van der Waals surface area contributed by atoms with Gasteiger partial charge in [0.1, 0.15) is 17.5 Å². The summed E-state index contributed by atoms with van der Waals surface area (Å²) in [7, 11) is 0. The molecule has 0 heterocycles. The van der Waals surface area contributed by atoms with Crippen molar-refractivity contribution in [3.63, 3.8) is 0 Å². The highest BCUT2D eigenvalue weighted by atomic mass is 19.1. The second kappa shape index (κ2) is 7.64. The third kappa shape index (κ3) is 4.13. The number of Topliss-reactive ketones (excluding diaryl/α,β-unsaturated/α-hetero) is 2. The number of carboxylic acid groups (broad SMARTS) is 1. The van der Waals surface area contributed by atoms with Gasteiger partial charge in [0, 0.05) is 17.9 Å². The maximum Gasteiger partial charge on any atom is 0.314 e. The summed E-state index contributed by atoms with van der Waals surface area (Å²) in [5.74, 6) is -4.79. The normalized spacial score (nSPS) is 13.1. The van der Waals surface area contributed by atoms with Crippen molar-refractivity contribution in [2.24, 2.45) is 5.92 Å². The van der Waals surface area contributed by atoms with Crippen LogP contribution in [0.4, 0.5) is 4.39 Å². The average Bonchev–Trinajstić information content (AvgIpc) is 2.55. The molecule has 0 aromatic heterocycles. The molecule has 5 heteroatoms. The van der Waals surface area contributed by atoms with E-state index in [1.165, 1.54) is 31.2 Å². The standard InChI is InChI=1S/C19H17FO4/c1-12(21)18(19(23)24)16(13-7-9-15(20)10-8-13)11-17(22)14-5-3-2-4-6-14/h2-10,16,18H,11H2,1H3,(H,23,24). The molecule has 0 aliphatic rings. The summed E-state index contributed by atoms with van der Waals surface area (Å²) in [6, 6.07) is 13.7. The Morgan fingerprint density at radius 3 is 2.08 bits per heavy atom. The van der Waals surface area contributed by atoms with Crippen molar-refractivity contribution in [1.29, 1.82) is 0 Å². The van der Waals surface area contributed by atoms with Gasteiger partial charge < -0.3 is 5.11 Å². The zero-order valence-electron chi connectivity index (χ0n) is 13.1. The van der Waals surface area contributed by atoms with Crippen molar-refractivity contribution < 1.29 is 23.9 Å². The number of hydrogen-bond donors (Lipinski definition) is 1. The number of aliphatic carboxylic acids is 1. The van der Waals surface area contributed by atoms with E-state index in [0.717, 1.165) is 0 Å². The number of halogens is 1. The van der Waals surface area contributed by atoms with Gasteiger partial charge in [0.25, 0.3) is 0 Å². The molecule has 0 bridgehead atoms. The fraction of sp³-hybridized carbons (Fsp3) is 0.211. The highest BCUT2D eigenvalue weighted by Crippen LogP contribution is 2.31. The first-order valence-electron chi connectivity index (χ1n) is 7.47. The van der Waals surface area contributed by atoms with Crippen LogP contribution in [0.1, 0.15) is 35.2 Å². The van der Waals surface area contributed by atoms with E-state index in [0.29, 0.717) is 11.1 Å². The predicted octanol–water partition coefficient (Wildman–Crippen LogP) is 3.47. The second-order valence-electron chi connectivity index (χ2n) is 5.58. The van der Waals surface area contributed by atoms with Crippen LogP contribution < -0.4 is 0 Å². The molecule has 0 fully saturated rings. The molecule has 0 aliphatic heterocycles. The van der Waals surface area contributed by atoms with Gasteiger partial charge >= 0.3 is 5.97 Å². The molecular weight excluding hydrogens is 311 g/mol. The molecule has 0 saturated carbocycles. The van der Waals surface area contributed by atoms with Gasteiger partial charge in [0.05, 0.1) is 0 Å². The number of ketones is 2. The maximum absolute atomic E-state index is 13.1. The molecule has 2 aromatic carbocycles. The van der Waals surface area contributed by atoms with Crippen LogP contribution >= 0.6 is 0 Å². The molecule has 0 amide bonds. The molecule has 0 aliphatic carbocycles. The van der Waals surface area contributed by atoms with Crippen molar-refractivity contribution in [3.8, 4) is 0 Å². The van der Waals surface area contributed by atoms with Crippen LogP contribution in [-0.4, -0.2) is 22.6 Å². The molecule has 0 spiro atoms. The van der Waals surface area contributed by atoms with Gasteiger partial charge in [-0.15, -0.1) is 0 Å². The Morgan fingerprint density at radius 1 is 1.00 bits per heavy atom.